The summed E-state index contributed by atoms with van der Waals surface area (Å²) in [5.41, 5.74) is 0.574. The Morgan fingerprint density at radius 1 is 1.30 bits per heavy atom. The number of imidazole rings is 1. The monoisotopic (exact) mass is 333 g/mol. The number of aromatic nitrogens is 4. The van der Waals surface area contributed by atoms with Gasteiger partial charge in [-0.3, -0.25) is 18.9 Å². The highest BCUT2D eigenvalue weighted by Gasteiger charge is 2.17. The second-order valence-electron chi connectivity index (χ2n) is 5.13. The van der Waals surface area contributed by atoms with Gasteiger partial charge in [-0.05, 0) is 18.6 Å². The van der Waals surface area contributed by atoms with Crippen LogP contribution in [0.15, 0.2) is 33.9 Å². The number of hydrogen-bond acceptors (Lipinski definition) is 4. The molecule has 0 spiro atoms. The van der Waals surface area contributed by atoms with Crippen LogP contribution in [0.5, 0.6) is 0 Å². The number of halogens is 1. The molecule has 0 aliphatic heterocycles. The van der Waals surface area contributed by atoms with E-state index in [1.54, 1.807) is 17.7 Å². The van der Waals surface area contributed by atoms with Crippen molar-refractivity contribution in [3.05, 3.63) is 55.7 Å². The number of nitrogens with zero attached hydrogens (tertiary/aromatic N) is 3. The zero-order chi connectivity index (χ0) is 16.6. The first-order valence-electron chi connectivity index (χ1n) is 7.19. The van der Waals surface area contributed by atoms with Gasteiger partial charge in [0.2, 0.25) is 5.95 Å². The van der Waals surface area contributed by atoms with Crippen LogP contribution >= 0.6 is 11.6 Å². The van der Waals surface area contributed by atoms with Crippen molar-refractivity contribution in [3.63, 3.8) is 0 Å². The fourth-order valence-electron chi connectivity index (χ4n) is 2.48. The molecule has 0 amide bonds. The molecule has 0 aliphatic carbocycles. The smallest absolute Gasteiger partial charge is 0.329 e. The molecule has 0 unspecified atom stereocenters. The van der Waals surface area contributed by atoms with Crippen LogP contribution in [0.4, 0.5) is 5.95 Å². The summed E-state index contributed by atoms with van der Waals surface area (Å²) in [5.74, 6) is 0.522. The minimum absolute atomic E-state index is 0.335. The molecule has 0 bridgehead atoms. The van der Waals surface area contributed by atoms with E-state index in [0.29, 0.717) is 35.2 Å². The molecule has 7 nitrogen and oxygen atoms in total. The first kappa shape index (κ1) is 15.4. The molecule has 0 fully saturated rings. The Morgan fingerprint density at radius 3 is 2.74 bits per heavy atom. The molecular weight excluding hydrogens is 318 g/mol. The third-order valence-corrected chi connectivity index (χ3v) is 4.00. The Labute approximate surface area is 136 Å². The van der Waals surface area contributed by atoms with Gasteiger partial charge in [-0.1, -0.05) is 29.8 Å². The van der Waals surface area contributed by atoms with Crippen LogP contribution in [-0.4, -0.2) is 25.6 Å². The third kappa shape index (κ3) is 2.63. The summed E-state index contributed by atoms with van der Waals surface area (Å²) in [5, 5.41) is 3.73. The van der Waals surface area contributed by atoms with Crippen molar-refractivity contribution in [2.24, 2.45) is 7.05 Å². The maximum Gasteiger partial charge on any atom is 0.329 e. The van der Waals surface area contributed by atoms with Crippen LogP contribution in [0.3, 0.4) is 0 Å². The lowest BCUT2D eigenvalue weighted by molar-refractivity contribution is 0.807. The lowest BCUT2D eigenvalue weighted by Crippen LogP contribution is -2.29. The zero-order valence-corrected chi connectivity index (χ0v) is 13.5. The van der Waals surface area contributed by atoms with E-state index in [1.807, 2.05) is 25.1 Å². The van der Waals surface area contributed by atoms with Crippen molar-refractivity contribution in [1.82, 2.24) is 19.1 Å². The summed E-state index contributed by atoms with van der Waals surface area (Å²) < 4.78 is 3.05. The van der Waals surface area contributed by atoms with Gasteiger partial charge in [-0.2, -0.15) is 4.98 Å². The van der Waals surface area contributed by atoms with Gasteiger partial charge < -0.3 is 5.32 Å². The van der Waals surface area contributed by atoms with Crippen molar-refractivity contribution >= 4 is 28.7 Å². The average molecular weight is 334 g/mol. The summed E-state index contributed by atoms with van der Waals surface area (Å²) in [6, 6.07) is 7.41. The molecule has 3 rings (SSSR count). The maximum atomic E-state index is 12.3. The molecule has 120 valence electrons. The van der Waals surface area contributed by atoms with Gasteiger partial charge in [-0.15, -0.1) is 0 Å². The van der Waals surface area contributed by atoms with Crippen LogP contribution in [0.25, 0.3) is 11.2 Å². The van der Waals surface area contributed by atoms with Crippen molar-refractivity contribution < 1.29 is 0 Å². The minimum atomic E-state index is -0.493. The summed E-state index contributed by atoms with van der Waals surface area (Å²) in [6.07, 6.45) is 0. The van der Waals surface area contributed by atoms with Crippen LogP contribution in [0, 0.1) is 0 Å². The number of benzene rings is 1. The third-order valence-electron chi connectivity index (χ3n) is 3.63. The molecular formula is C15H16ClN5O2. The molecule has 3 aromatic rings. The number of nitrogens with one attached hydrogen (secondary N) is 2. The number of anilines is 1. The fourth-order valence-corrected chi connectivity index (χ4v) is 2.67. The zero-order valence-electron chi connectivity index (χ0n) is 12.8. The van der Waals surface area contributed by atoms with E-state index in [2.05, 4.69) is 15.3 Å². The van der Waals surface area contributed by atoms with Crippen molar-refractivity contribution in [3.8, 4) is 0 Å². The van der Waals surface area contributed by atoms with Gasteiger partial charge in [0.1, 0.15) is 0 Å². The van der Waals surface area contributed by atoms with E-state index in [4.69, 9.17) is 11.6 Å². The number of hydrogen-bond donors (Lipinski definition) is 2. The molecule has 2 N–H and O–H groups in total. The van der Waals surface area contributed by atoms with Gasteiger partial charge in [0.15, 0.2) is 11.2 Å². The van der Waals surface area contributed by atoms with Gasteiger partial charge >= 0.3 is 5.69 Å². The largest absolute Gasteiger partial charge is 0.356 e. The van der Waals surface area contributed by atoms with E-state index < -0.39 is 11.2 Å². The van der Waals surface area contributed by atoms with Crippen LogP contribution in [0.1, 0.15) is 12.5 Å². The minimum Gasteiger partial charge on any atom is -0.356 e. The van der Waals surface area contributed by atoms with Gasteiger partial charge in [0, 0.05) is 18.6 Å². The first-order chi connectivity index (χ1) is 11.0. The molecule has 2 aromatic heterocycles. The lowest BCUT2D eigenvalue weighted by atomic mass is 10.2. The molecule has 0 aliphatic rings. The standard InChI is InChI=1S/C15H16ClN5O2/c1-3-17-14-18-12-11(13(22)19-15(23)20(12)2)21(14)8-9-6-4-5-7-10(9)16/h4-7H,3,8H2,1-2H3,(H,17,18)(H,19,22,23). The Balaban J connectivity index is 2.27. The van der Waals surface area contributed by atoms with Crippen LogP contribution in [0.2, 0.25) is 5.02 Å². The molecule has 0 saturated carbocycles. The quantitative estimate of drug-likeness (QED) is 0.758. The molecule has 23 heavy (non-hydrogen) atoms. The molecule has 1 aromatic carbocycles. The lowest BCUT2D eigenvalue weighted by Gasteiger charge is -2.10. The first-order valence-corrected chi connectivity index (χ1v) is 7.57. The van der Waals surface area contributed by atoms with Gasteiger partial charge in [0.25, 0.3) is 5.56 Å². The van der Waals surface area contributed by atoms with Crippen molar-refractivity contribution in [1.29, 1.82) is 0 Å². The van der Waals surface area contributed by atoms with Gasteiger partial charge in [0.05, 0.1) is 6.54 Å². The summed E-state index contributed by atoms with van der Waals surface area (Å²) >= 11 is 6.22. The summed E-state index contributed by atoms with van der Waals surface area (Å²) in [6.45, 7) is 2.94. The number of aryl methyl sites for hydroxylation is 1. The normalized spacial score (nSPS) is 11.1. The Kier molecular flexibility index (Phi) is 3.96. The Hall–Kier alpha value is -2.54. The molecule has 8 heteroatoms. The van der Waals surface area contributed by atoms with Crippen molar-refractivity contribution in [2.75, 3.05) is 11.9 Å². The van der Waals surface area contributed by atoms with E-state index >= 15 is 0 Å². The molecule has 2 heterocycles. The number of H-pyrrole nitrogens is 1. The fraction of sp³-hybridized carbons (Fsp3) is 0.267. The van der Waals surface area contributed by atoms with Crippen LogP contribution in [-0.2, 0) is 13.6 Å². The second kappa shape index (κ2) is 5.92. The predicted molar refractivity (Wildman–Crippen MR) is 90.3 cm³/mol. The molecule has 0 atom stereocenters. The summed E-state index contributed by atoms with van der Waals surface area (Å²) in [4.78, 5) is 30.7. The highest BCUT2D eigenvalue weighted by Crippen LogP contribution is 2.21. The predicted octanol–water partition coefficient (Wildman–Crippen LogP) is 1.56. The molecule has 0 saturated heterocycles. The SMILES string of the molecule is CCNc1nc2c(c(=O)[nH]c(=O)n2C)n1Cc1ccccc1Cl. The average Bonchev–Trinajstić information content (AvgIpc) is 2.87. The maximum absolute atomic E-state index is 12.3. The Bertz CT molecular complexity index is 986. The van der Waals surface area contributed by atoms with Crippen molar-refractivity contribution in [2.45, 2.75) is 13.5 Å². The summed E-state index contributed by atoms with van der Waals surface area (Å²) in [7, 11) is 1.57. The van der Waals surface area contributed by atoms with Crippen LogP contribution < -0.4 is 16.6 Å². The van der Waals surface area contributed by atoms with E-state index in [-0.39, 0.29) is 0 Å². The Morgan fingerprint density at radius 2 is 2.04 bits per heavy atom. The van der Waals surface area contributed by atoms with Gasteiger partial charge in [-0.25, -0.2) is 4.79 Å². The number of aromatic amines is 1. The molecule has 0 radical (unpaired) electrons. The topological polar surface area (TPSA) is 84.7 Å². The van der Waals surface area contributed by atoms with E-state index in [9.17, 15) is 9.59 Å². The highest BCUT2D eigenvalue weighted by molar-refractivity contribution is 6.31. The number of rotatable bonds is 4. The van der Waals surface area contributed by atoms with E-state index in [0.717, 1.165) is 5.56 Å². The second-order valence-corrected chi connectivity index (χ2v) is 5.54. The number of fused-ring (bicyclic) bond motifs is 1. The highest BCUT2D eigenvalue weighted by atomic mass is 35.5. The van der Waals surface area contributed by atoms with E-state index in [1.165, 1.54) is 4.57 Å².